The van der Waals surface area contributed by atoms with E-state index in [4.69, 9.17) is 27.9 Å². The van der Waals surface area contributed by atoms with Crippen LogP contribution in [0.3, 0.4) is 0 Å². The molecule has 0 aromatic heterocycles. The molecule has 8 nitrogen and oxygen atoms in total. The summed E-state index contributed by atoms with van der Waals surface area (Å²) in [5, 5.41) is 3.57. The van der Waals surface area contributed by atoms with Gasteiger partial charge in [-0.1, -0.05) is 36.2 Å². The summed E-state index contributed by atoms with van der Waals surface area (Å²) in [6.45, 7) is 4.38. The molecule has 0 saturated carbocycles. The summed E-state index contributed by atoms with van der Waals surface area (Å²) in [6, 6.07) is 11.0. The van der Waals surface area contributed by atoms with Gasteiger partial charge in [0, 0.05) is 26.1 Å². The Morgan fingerprint density at radius 3 is 2.31 bits per heavy atom. The van der Waals surface area contributed by atoms with Gasteiger partial charge in [-0.3, -0.25) is 13.9 Å². The van der Waals surface area contributed by atoms with E-state index in [0.29, 0.717) is 28.0 Å². The number of carbonyl (C=O) groups is 2. The Hall–Kier alpha value is -2.49. The van der Waals surface area contributed by atoms with Gasteiger partial charge in [-0.2, -0.15) is 0 Å². The number of amides is 2. The molecule has 2 rings (SSSR count). The molecule has 0 aliphatic rings. The largest absolute Gasteiger partial charge is 0.497 e. The van der Waals surface area contributed by atoms with Crippen LogP contribution in [0, 0.1) is 0 Å². The monoisotopic (exact) mass is 557 g/mol. The molecule has 1 N–H and O–H groups in total. The fraction of sp³-hybridized carbons (Fsp3) is 0.440. The third-order valence-electron chi connectivity index (χ3n) is 5.57. The number of carbonyl (C=O) groups excluding carboxylic acids is 2. The van der Waals surface area contributed by atoms with E-state index in [1.54, 1.807) is 49.4 Å². The van der Waals surface area contributed by atoms with E-state index in [9.17, 15) is 18.0 Å². The van der Waals surface area contributed by atoms with Crippen LogP contribution in [0.15, 0.2) is 42.5 Å². The first kappa shape index (κ1) is 29.7. The fourth-order valence-electron chi connectivity index (χ4n) is 3.57. The van der Waals surface area contributed by atoms with Crippen LogP contribution in [0.1, 0.15) is 38.7 Å². The molecule has 0 saturated heterocycles. The summed E-state index contributed by atoms with van der Waals surface area (Å²) < 4.78 is 31.2. The lowest BCUT2D eigenvalue weighted by molar-refractivity contribution is -0.140. The van der Waals surface area contributed by atoms with Crippen LogP contribution in [0.2, 0.25) is 10.0 Å². The topological polar surface area (TPSA) is 96.0 Å². The standard InChI is InChI=1S/C25H33Cl2N3O5S/c1-5-14-28-25(32)18(2)29(17-19-8-13-22(26)23(27)16-19)24(31)7-6-15-30(36(4,33)34)20-9-11-21(35-3)12-10-20/h8-13,16,18H,5-7,14-15,17H2,1-4H3,(H,28,32)/t18-/m1/s1. The molecule has 0 bridgehead atoms. The molecule has 0 radical (unpaired) electrons. The van der Waals surface area contributed by atoms with Crippen molar-refractivity contribution in [3.05, 3.63) is 58.1 Å². The van der Waals surface area contributed by atoms with Crippen molar-refractivity contribution in [3.63, 3.8) is 0 Å². The van der Waals surface area contributed by atoms with Crippen LogP contribution < -0.4 is 14.4 Å². The lowest BCUT2D eigenvalue weighted by Gasteiger charge is -2.29. The molecular formula is C25H33Cl2N3O5S. The van der Waals surface area contributed by atoms with Crippen molar-refractivity contribution in [1.82, 2.24) is 10.2 Å². The normalized spacial score (nSPS) is 12.1. The molecule has 198 valence electrons. The molecule has 0 heterocycles. The van der Waals surface area contributed by atoms with Gasteiger partial charge in [0.25, 0.3) is 0 Å². The first-order chi connectivity index (χ1) is 17.0. The summed E-state index contributed by atoms with van der Waals surface area (Å²) in [4.78, 5) is 27.4. The van der Waals surface area contributed by atoms with E-state index in [1.807, 2.05) is 6.92 Å². The summed E-state index contributed by atoms with van der Waals surface area (Å²) in [5.74, 6) is 0.0697. The summed E-state index contributed by atoms with van der Waals surface area (Å²) in [6.07, 6.45) is 2.20. The number of halogens is 2. The van der Waals surface area contributed by atoms with Gasteiger partial charge >= 0.3 is 0 Å². The van der Waals surface area contributed by atoms with Gasteiger partial charge in [-0.25, -0.2) is 8.42 Å². The van der Waals surface area contributed by atoms with Gasteiger partial charge in [0.2, 0.25) is 21.8 Å². The van der Waals surface area contributed by atoms with Crippen molar-refractivity contribution >= 4 is 50.7 Å². The highest BCUT2D eigenvalue weighted by Gasteiger charge is 2.26. The number of sulfonamides is 1. The van der Waals surface area contributed by atoms with Crippen molar-refractivity contribution in [1.29, 1.82) is 0 Å². The lowest BCUT2D eigenvalue weighted by Crippen LogP contribution is -2.47. The van der Waals surface area contributed by atoms with Crippen LogP contribution in [-0.4, -0.2) is 57.6 Å². The predicted octanol–water partition coefficient (Wildman–Crippen LogP) is 4.49. The highest BCUT2D eigenvalue weighted by molar-refractivity contribution is 7.92. The molecule has 0 aliphatic heterocycles. The van der Waals surface area contributed by atoms with E-state index < -0.39 is 16.1 Å². The Labute approximate surface area is 223 Å². The van der Waals surface area contributed by atoms with Crippen LogP contribution in [0.25, 0.3) is 0 Å². The van der Waals surface area contributed by atoms with Crippen LogP contribution in [-0.2, 0) is 26.2 Å². The zero-order valence-corrected chi connectivity index (χ0v) is 23.3. The first-order valence-corrected chi connectivity index (χ1v) is 14.2. The second-order valence-corrected chi connectivity index (χ2v) is 11.1. The van der Waals surface area contributed by atoms with Gasteiger partial charge in [0.1, 0.15) is 11.8 Å². The maximum Gasteiger partial charge on any atom is 0.242 e. The average molecular weight is 559 g/mol. The summed E-state index contributed by atoms with van der Waals surface area (Å²) in [7, 11) is -2.05. The molecule has 1 atom stereocenters. The minimum Gasteiger partial charge on any atom is -0.497 e. The zero-order valence-electron chi connectivity index (χ0n) is 21.0. The van der Waals surface area contributed by atoms with Crippen LogP contribution in [0.4, 0.5) is 5.69 Å². The van der Waals surface area contributed by atoms with Gasteiger partial charge in [0.15, 0.2) is 0 Å². The molecule has 2 aromatic carbocycles. The second-order valence-electron chi connectivity index (χ2n) is 8.37. The molecule has 11 heteroatoms. The lowest BCUT2D eigenvalue weighted by atomic mass is 10.1. The van der Waals surface area contributed by atoms with E-state index in [-0.39, 0.29) is 37.7 Å². The van der Waals surface area contributed by atoms with Crippen LogP contribution >= 0.6 is 23.2 Å². The molecule has 0 unspecified atom stereocenters. The quantitative estimate of drug-likeness (QED) is 0.391. The van der Waals surface area contributed by atoms with Gasteiger partial charge in [-0.05, 0) is 61.7 Å². The molecule has 0 fully saturated rings. The van der Waals surface area contributed by atoms with Gasteiger partial charge < -0.3 is 15.0 Å². The third kappa shape index (κ3) is 8.57. The van der Waals surface area contributed by atoms with Crippen molar-refractivity contribution in [2.24, 2.45) is 0 Å². The van der Waals surface area contributed by atoms with Crippen molar-refractivity contribution in [2.75, 3.05) is 30.8 Å². The Morgan fingerprint density at radius 1 is 1.08 bits per heavy atom. The highest BCUT2D eigenvalue weighted by atomic mass is 35.5. The van der Waals surface area contributed by atoms with Gasteiger partial charge in [0.05, 0.1) is 29.1 Å². The maximum absolute atomic E-state index is 13.3. The van der Waals surface area contributed by atoms with Crippen molar-refractivity contribution in [2.45, 2.75) is 45.7 Å². The molecule has 0 spiro atoms. The summed E-state index contributed by atoms with van der Waals surface area (Å²) in [5.41, 5.74) is 1.20. The SMILES string of the molecule is CCCNC(=O)[C@@H](C)N(Cc1ccc(Cl)c(Cl)c1)C(=O)CCCN(c1ccc(OC)cc1)S(C)(=O)=O. The number of ether oxygens (including phenoxy) is 1. The number of nitrogens with zero attached hydrogens (tertiary/aromatic N) is 2. The van der Waals surface area contributed by atoms with Crippen molar-refractivity contribution < 1.29 is 22.7 Å². The number of rotatable bonds is 13. The van der Waals surface area contributed by atoms with Crippen molar-refractivity contribution in [3.8, 4) is 5.75 Å². The number of nitrogens with one attached hydrogen (secondary N) is 1. The van der Waals surface area contributed by atoms with Crippen LogP contribution in [0.5, 0.6) is 5.75 Å². The molecule has 2 aromatic rings. The Morgan fingerprint density at radius 2 is 1.75 bits per heavy atom. The smallest absolute Gasteiger partial charge is 0.242 e. The highest BCUT2D eigenvalue weighted by Crippen LogP contribution is 2.25. The van der Waals surface area contributed by atoms with E-state index in [1.165, 1.54) is 16.3 Å². The number of hydrogen-bond acceptors (Lipinski definition) is 5. The summed E-state index contributed by atoms with van der Waals surface area (Å²) >= 11 is 12.2. The Balaban J connectivity index is 2.17. The zero-order chi connectivity index (χ0) is 26.9. The van der Waals surface area contributed by atoms with Gasteiger partial charge in [-0.15, -0.1) is 0 Å². The second kappa shape index (κ2) is 13.7. The van der Waals surface area contributed by atoms with E-state index >= 15 is 0 Å². The maximum atomic E-state index is 13.3. The first-order valence-electron chi connectivity index (χ1n) is 11.6. The number of benzene rings is 2. The van der Waals surface area contributed by atoms with E-state index in [0.717, 1.165) is 18.2 Å². The number of hydrogen-bond donors (Lipinski definition) is 1. The molecule has 36 heavy (non-hydrogen) atoms. The number of methoxy groups -OCH3 is 1. The Bertz CT molecular complexity index is 1140. The minimum absolute atomic E-state index is 0.0505. The van der Waals surface area contributed by atoms with E-state index in [2.05, 4.69) is 5.32 Å². The Kier molecular flexibility index (Phi) is 11.3. The number of anilines is 1. The molecule has 2 amide bonds. The predicted molar refractivity (Wildman–Crippen MR) is 144 cm³/mol. The average Bonchev–Trinajstić information content (AvgIpc) is 2.84. The third-order valence-corrected chi connectivity index (χ3v) is 7.50. The molecule has 0 aliphatic carbocycles. The minimum atomic E-state index is -3.58. The molecular weight excluding hydrogens is 525 g/mol. The fourth-order valence-corrected chi connectivity index (χ4v) is 4.85.